The third-order valence-corrected chi connectivity index (χ3v) is 5.38. The van der Waals surface area contributed by atoms with E-state index in [2.05, 4.69) is 25.1 Å². The first-order chi connectivity index (χ1) is 10.3. The second kappa shape index (κ2) is 6.48. The highest BCUT2D eigenvalue weighted by atomic mass is 14.3. The first-order valence-corrected chi connectivity index (χ1v) is 8.50. The van der Waals surface area contributed by atoms with Crippen molar-refractivity contribution in [2.75, 3.05) is 0 Å². The van der Waals surface area contributed by atoms with Crippen LogP contribution in [0.25, 0.3) is 0 Å². The molecule has 1 aromatic carbocycles. The van der Waals surface area contributed by atoms with Gasteiger partial charge >= 0.3 is 0 Å². The maximum Gasteiger partial charge on any atom is 0.0991 e. The van der Waals surface area contributed by atoms with E-state index < -0.39 is 0 Å². The summed E-state index contributed by atoms with van der Waals surface area (Å²) in [6.45, 7) is 2.31. The highest BCUT2D eigenvalue weighted by Crippen LogP contribution is 2.44. The maximum absolute atomic E-state index is 8.90. The Morgan fingerprint density at radius 1 is 1.05 bits per heavy atom. The topological polar surface area (TPSA) is 23.8 Å². The molecule has 0 saturated heterocycles. The van der Waals surface area contributed by atoms with E-state index in [1.807, 2.05) is 12.1 Å². The molecular formula is C20H25N. The zero-order chi connectivity index (χ0) is 14.7. The summed E-state index contributed by atoms with van der Waals surface area (Å²) in [4.78, 5) is 0. The van der Waals surface area contributed by atoms with Gasteiger partial charge in [0.1, 0.15) is 0 Å². The van der Waals surface area contributed by atoms with Crippen LogP contribution in [0.4, 0.5) is 0 Å². The van der Waals surface area contributed by atoms with Crippen LogP contribution >= 0.6 is 0 Å². The first-order valence-electron chi connectivity index (χ1n) is 8.50. The van der Waals surface area contributed by atoms with Gasteiger partial charge in [-0.25, -0.2) is 0 Å². The highest BCUT2D eigenvalue weighted by Gasteiger charge is 2.27. The number of nitrogens with zero attached hydrogens (tertiary/aromatic N) is 1. The summed E-state index contributed by atoms with van der Waals surface area (Å²) in [5.74, 6) is 1.64. The number of nitriles is 1. The zero-order valence-electron chi connectivity index (χ0n) is 13.1. The largest absolute Gasteiger partial charge is 0.192 e. The number of hydrogen-bond donors (Lipinski definition) is 0. The number of rotatable bonds is 3. The van der Waals surface area contributed by atoms with E-state index in [4.69, 9.17) is 5.26 Å². The zero-order valence-corrected chi connectivity index (χ0v) is 13.1. The van der Waals surface area contributed by atoms with Crippen molar-refractivity contribution in [3.8, 4) is 6.07 Å². The van der Waals surface area contributed by atoms with Crippen LogP contribution in [-0.4, -0.2) is 0 Å². The summed E-state index contributed by atoms with van der Waals surface area (Å²) in [7, 11) is 0. The van der Waals surface area contributed by atoms with Crippen molar-refractivity contribution in [1.82, 2.24) is 0 Å². The van der Waals surface area contributed by atoms with Crippen LogP contribution in [0, 0.1) is 17.2 Å². The highest BCUT2D eigenvalue weighted by molar-refractivity contribution is 5.35. The average Bonchev–Trinajstić information content (AvgIpc) is 2.55. The normalized spacial score (nSPS) is 25.3. The van der Waals surface area contributed by atoms with Gasteiger partial charge in [0.15, 0.2) is 0 Å². The summed E-state index contributed by atoms with van der Waals surface area (Å²) in [6.07, 6.45) is 10.7. The SMILES string of the molecule is CCCC1CCC2=C(CCC(c3ccc(C#N)cc3)C2)C1. The molecule has 0 aliphatic heterocycles. The van der Waals surface area contributed by atoms with Crippen molar-refractivity contribution in [1.29, 1.82) is 5.26 Å². The molecule has 0 radical (unpaired) electrons. The third-order valence-electron chi connectivity index (χ3n) is 5.38. The maximum atomic E-state index is 8.90. The van der Waals surface area contributed by atoms with Gasteiger partial charge in [-0.1, -0.05) is 43.0 Å². The lowest BCUT2D eigenvalue weighted by atomic mass is 9.72. The molecule has 1 aromatic rings. The van der Waals surface area contributed by atoms with Gasteiger partial charge in [-0.3, -0.25) is 0 Å². The molecule has 0 saturated carbocycles. The minimum atomic E-state index is 0.680. The van der Waals surface area contributed by atoms with Crippen LogP contribution in [0.3, 0.4) is 0 Å². The fourth-order valence-corrected chi connectivity index (χ4v) is 4.19. The van der Waals surface area contributed by atoms with Gasteiger partial charge in [0.2, 0.25) is 0 Å². The van der Waals surface area contributed by atoms with E-state index in [0.29, 0.717) is 5.92 Å². The summed E-state index contributed by atoms with van der Waals surface area (Å²) in [5, 5.41) is 8.90. The molecule has 0 amide bonds. The number of hydrogen-bond acceptors (Lipinski definition) is 1. The number of benzene rings is 1. The summed E-state index contributed by atoms with van der Waals surface area (Å²) in [5.41, 5.74) is 5.76. The van der Waals surface area contributed by atoms with Gasteiger partial charge in [-0.2, -0.15) is 5.26 Å². The van der Waals surface area contributed by atoms with Gasteiger partial charge in [0, 0.05) is 0 Å². The Kier molecular flexibility index (Phi) is 4.44. The van der Waals surface area contributed by atoms with E-state index >= 15 is 0 Å². The summed E-state index contributed by atoms with van der Waals surface area (Å²) < 4.78 is 0. The Bertz CT molecular complexity index is 558. The van der Waals surface area contributed by atoms with Crippen molar-refractivity contribution in [2.45, 2.75) is 64.2 Å². The van der Waals surface area contributed by atoms with Gasteiger partial charge < -0.3 is 0 Å². The van der Waals surface area contributed by atoms with Crippen LogP contribution in [0.1, 0.15) is 75.3 Å². The fraction of sp³-hybridized carbons (Fsp3) is 0.550. The van der Waals surface area contributed by atoms with Gasteiger partial charge in [-0.15, -0.1) is 0 Å². The first kappa shape index (κ1) is 14.4. The minimum absolute atomic E-state index is 0.680. The molecule has 0 fully saturated rings. The molecule has 2 aliphatic rings. The van der Waals surface area contributed by atoms with Gasteiger partial charge in [0.25, 0.3) is 0 Å². The lowest BCUT2D eigenvalue weighted by Crippen LogP contribution is -2.17. The molecule has 2 aliphatic carbocycles. The average molecular weight is 279 g/mol. The van der Waals surface area contributed by atoms with Crippen LogP contribution in [-0.2, 0) is 0 Å². The van der Waals surface area contributed by atoms with Crippen LogP contribution in [0.2, 0.25) is 0 Å². The molecule has 21 heavy (non-hydrogen) atoms. The van der Waals surface area contributed by atoms with E-state index in [9.17, 15) is 0 Å². The van der Waals surface area contributed by atoms with Crippen LogP contribution in [0.15, 0.2) is 35.4 Å². The van der Waals surface area contributed by atoms with Crippen LogP contribution in [0.5, 0.6) is 0 Å². The smallest absolute Gasteiger partial charge is 0.0991 e. The van der Waals surface area contributed by atoms with E-state index in [1.165, 1.54) is 56.9 Å². The molecule has 0 spiro atoms. The van der Waals surface area contributed by atoms with Crippen LogP contribution < -0.4 is 0 Å². The molecular weight excluding hydrogens is 254 g/mol. The molecule has 110 valence electrons. The predicted octanol–water partition coefficient (Wildman–Crippen LogP) is 5.72. The summed E-state index contributed by atoms with van der Waals surface area (Å²) in [6, 6.07) is 10.5. The monoisotopic (exact) mass is 279 g/mol. The summed E-state index contributed by atoms with van der Waals surface area (Å²) >= 11 is 0. The minimum Gasteiger partial charge on any atom is -0.192 e. The Labute approximate surface area is 128 Å². The van der Waals surface area contributed by atoms with Crippen molar-refractivity contribution < 1.29 is 0 Å². The molecule has 2 atom stereocenters. The van der Waals surface area contributed by atoms with Gasteiger partial charge in [0.05, 0.1) is 11.6 Å². The van der Waals surface area contributed by atoms with Crippen molar-refractivity contribution >= 4 is 0 Å². The second-order valence-electron chi connectivity index (χ2n) is 6.78. The molecule has 1 heteroatoms. The van der Waals surface area contributed by atoms with Gasteiger partial charge in [-0.05, 0) is 68.1 Å². The molecule has 0 aromatic heterocycles. The molecule has 2 unspecified atom stereocenters. The predicted molar refractivity (Wildman–Crippen MR) is 87.0 cm³/mol. The Balaban J connectivity index is 1.69. The molecule has 0 heterocycles. The third kappa shape index (κ3) is 3.21. The van der Waals surface area contributed by atoms with Crippen molar-refractivity contribution in [3.05, 3.63) is 46.5 Å². The Hall–Kier alpha value is -1.55. The van der Waals surface area contributed by atoms with E-state index in [-0.39, 0.29) is 0 Å². The Morgan fingerprint density at radius 2 is 1.76 bits per heavy atom. The quantitative estimate of drug-likeness (QED) is 0.649. The molecule has 0 N–H and O–H groups in total. The van der Waals surface area contributed by atoms with Crippen molar-refractivity contribution in [2.24, 2.45) is 5.92 Å². The van der Waals surface area contributed by atoms with Crippen molar-refractivity contribution in [3.63, 3.8) is 0 Å². The molecule has 0 bridgehead atoms. The second-order valence-corrected chi connectivity index (χ2v) is 6.78. The fourth-order valence-electron chi connectivity index (χ4n) is 4.19. The van der Waals surface area contributed by atoms with E-state index in [1.54, 1.807) is 11.1 Å². The standard InChI is InChI=1S/C20H25N/c1-2-3-15-4-9-20-13-19(11-10-18(20)12-15)17-7-5-16(14-21)6-8-17/h5-8,15,19H,2-4,9-13H2,1H3. The lowest BCUT2D eigenvalue weighted by Gasteiger charge is -2.34. The number of allylic oxidation sites excluding steroid dienone is 2. The lowest BCUT2D eigenvalue weighted by molar-refractivity contribution is 0.386. The molecule has 3 rings (SSSR count). The van der Waals surface area contributed by atoms with E-state index in [0.717, 1.165) is 11.5 Å². The molecule has 1 nitrogen and oxygen atoms in total. The Morgan fingerprint density at radius 3 is 2.48 bits per heavy atom.